The van der Waals surface area contributed by atoms with Crippen molar-refractivity contribution in [1.29, 1.82) is 0 Å². The molecule has 102 valence electrons. The normalized spacial score (nSPS) is 19.9. The van der Waals surface area contributed by atoms with Crippen molar-refractivity contribution in [3.63, 3.8) is 0 Å². The van der Waals surface area contributed by atoms with E-state index in [2.05, 4.69) is 34.7 Å². The van der Waals surface area contributed by atoms with Crippen LogP contribution in [0.25, 0.3) is 11.0 Å². The van der Waals surface area contributed by atoms with Crippen LogP contribution in [0.3, 0.4) is 0 Å². The van der Waals surface area contributed by atoms with Gasteiger partial charge in [-0.15, -0.1) is 0 Å². The summed E-state index contributed by atoms with van der Waals surface area (Å²) in [5.41, 5.74) is 3.59. The quantitative estimate of drug-likeness (QED) is 0.860. The van der Waals surface area contributed by atoms with E-state index in [1.807, 2.05) is 0 Å². The highest BCUT2D eigenvalue weighted by molar-refractivity contribution is 7.71. The molecule has 19 heavy (non-hydrogen) atoms. The summed E-state index contributed by atoms with van der Waals surface area (Å²) in [5, 5.41) is 0. The topological polar surface area (TPSA) is 29.9 Å². The van der Waals surface area contributed by atoms with Crippen LogP contribution >= 0.6 is 12.2 Å². The number of hydrogen-bond donors (Lipinski definition) is 1. The van der Waals surface area contributed by atoms with Crippen molar-refractivity contribution < 1.29 is 4.74 Å². The number of ether oxygens (including phenoxy) is 1. The molecule has 1 atom stereocenters. The van der Waals surface area contributed by atoms with Gasteiger partial charge in [-0.1, -0.05) is 6.07 Å². The third-order valence-corrected chi connectivity index (χ3v) is 4.20. The summed E-state index contributed by atoms with van der Waals surface area (Å²) in [6.07, 6.45) is 5.15. The van der Waals surface area contributed by atoms with Gasteiger partial charge in [0, 0.05) is 13.2 Å². The average molecular weight is 276 g/mol. The first-order chi connectivity index (χ1) is 9.24. The van der Waals surface area contributed by atoms with Crippen LogP contribution in [0, 0.1) is 11.7 Å². The molecule has 1 aromatic heterocycles. The highest BCUT2D eigenvalue weighted by Gasteiger charge is 2.14. The number of H-pyrrole nitrogens is 1. The number of aromatic amines is 1. The van der Waals surface area contributed by atoms with Crippen molar-refractivity contribution in [3.8, 4) is 0 Å². The number of nitrogens with zero attached hydrogens (tertiary/aromatic N) is 1. The summed E-state index contributed by atoms with van der Waals surface area (Å²) in [6.45, 7) is 3.96. The zero-order valence-corrected chi connectivity index (χ0v) is 12.1. The Kier molecular flexibility index (Phi) is 3.71. The Morgan fingerprint density at radius 2 is 2.32 bits per heavy atom. The van der Waals surface area contributed by atoms with Crippen LogP contribution in [0.5, 0.6) is 0 Å². The van der Waals surface area contributed by atoms with E-state index in [1.165, 1.54) is 30.3 Å². The van der Waals surface area contributed by atoms with Gasteiger partial charge >= 0.3 is 0 Å². The monoisotopic (exact) mass is 276 g/mol. The van der Waals surface area contributed by atoms with Gasteiger partial charge < -0.3 is 14.3 Å². The van der Waals surface area contributed by atoms with Crippen molar-refractivity contribution in [1.82, 2.24) is 9.55 Å². The molecule has 1 fully saturated rings. The lowest BCUT2D eigenvalue weighted by Gasteiger charge is -2.22. The fourth-order valence-electron chi connectivity index (χ4n) is 2.81. The van der Waals surface area contributed by atoms with E-state index < -0.39 is 0 Å². The molecule has 1 N–H and O–H groups in total. The molecule has 2 heterocycles. The zero-order valence-electron chi connectivity index (χ0n) is 11.3. The number of aromatic nitrogens is 2. The molecule has 2 aromatic rings. The van der Waals surface area contributed by atoms with E-state index >= 15 is 0 Å². The first-order valence-corrected chi connectivity index (χ1v) is 7.45. The van der Waals surface area contributed by atoms with Gasteiger partial charge in [0.2, 0.25) is 0 Å². The van der Waals surface area contributed by atoms with E-state index in [0.29, 0.717) is 6.10 Å². The van der Waals surface area contributed by atoms with Crippen LogP contribution < -0.4 is 0 Å². The minimum Gasteiger partial charge on any atom is -0.378 e. The Balaban J connectivity index is 1.80. The fourth-order valence-corrected chi connectivity index (χ4v) is 3.11. The highest BCUT2D eigenvalue weighted by Crippen LogP contribution is 2.20. The maximum Gasteiger partial charge on any atom is 0.178 e. The summed E-state index contributed by atoms with van der Waals surface area (Å²) in [6, 6.07) is 6.44. The van der Waals surface area contributed by atoms with Crippen LogP contribution in [-0.4, -0.2) is 22.3 Å². The highest BCUT2D eigenvalue weighted by atomic mass is 32.1. The molecule has 3 rings (SSSR count). The molecule has 0 bridgehead atoms. The molecule has 3 nitrogen and oxygen atoms in total. The molecule has 0 spiro atoms. The van der Waals surface area contributed by atoms with Gasteiger partial charge in [-0.3, -0.25) is 0 Å². The van der Waals surface area contributed by atoms with Gasteiger partial charge in [-0.2, -0.15) is 0 Å². The number of benzene rings is 1. The van der Waals surface area contributed by atoms with Gasteiger partial charge in [0.25, 0.3) is 0 Å². The van der Waals surface area contributed by atoms with Crippen molar-refractivity contribution in [2.45, 2.75) is 45.3 Å². The second kappa shape index (κ2) is 5.47. The van der Waals surface area contributed by atoms with Crippen molar-refractivity contribution in [2.24, 2.45) is 0 Å². The molecule has 0 aliphatic carbocycles. The third kappa shape index (κ3) is 2.74. The second-order valence-electron chi connectivity index (χ2n) is 5.38. The smallest absolute Gasteiger partial charge is 0.178 e. The van der Waals surface area contributed by atoms with Crippen molar-refractivity contribution in [2.75, 3.05) is 6.61 Å². The molecule has 1 saturated heterocycles. The molecule has 0 radical (unpaired) electrons. The van der Waals surface area contributed by atoms with Crippen LogP contribution in [-0.2, 0) is 11.3 Å². The number of hydrogen-bond acceptors (Lipinski definition) is 2. The molecular formula is C15H20N2OS. The predicted molar refractivity (Wildman–Crippen MR) is 80.1 cm³/mol. The molecule has 1 aromatic carbocycles. The van der Waals surface area contributed by atoms with Crippen LogP contribution in [0.2, 0.25) is 0 Å². The number of imidazole rings is 1. The van der Waals surface area contributed by atoms with Gasteiger partial charge in [0.05, 0.1) is 17.1 Å². The van der Waals surface area contributed by atoms with Crippen LogP contribution in [0.15, 0.2) is 18.2 Å². The first kappa shape index (κ1) is 12.9. The minimum atomic E-state index is 0.408. The Labute approximate surface area is 118 Å². The molecule has 0 amide bonds. The Hall–Kier alpha value is -1.13. The van der Waals surface area contributed by atoms with E-state index in [-0.39, 0.29) is 0 Å². The van der Waals surface area contributed by atoms with Crippen LogP contribution in [0.1, 0.15) is 31.2 Å². The van der Waals surface area contributed by atoms with E-state index in [1.54, 1.807) is 0 Å². The summed E-state index contributed by atoms with van der Waals surface area (Å²) in [5.74, 6) is 0. The maximum absolute atomic E-state index is 5.79. The summed E-state index contributed by atoms with van der Waals surface area (Å²) in [4.78, 5) is 3.29. The van der Waals surface area contributed by atoms with Gasteiger partial charge in [0.1, 0.15) is 0 Å². The molecular weight excluding hydrogens is 256 g/mol. The Morgan fingerprint density at radius 1 is 1.42 bits per heavy atom. The SMILES string of the molecule is Cc1ccc2c(c1)[nH]c(=S)n2CCC1CCCCO1. The lowest BCUT2D eigenvalue weighted by Crippen LogP contribution is -2.20. The van der Waals surface area contributed by atoms with Crippen molar-refractivity contribution >= 4 is 23.3 Å². The lowest BCUT2D eigenvalue weighted by molar-refractivity contribution is 0.00892. The van der Waals surface area contributed by atoms with E-state index in [4.69, 9.17) is 17.0 Å². The third-order valence-electron chi connectivity index (χ3n) is 3.88. The first-order valence-electron chi connectivity index (χ1n) is 7.05. The zero-order chi connectivity index (χ0) is 13.2. The molecule has 0 saturated carbocycles. The fraction of sp³-hybridized carbons (Fsp3) is 0.533. The number of aryl methyl sites for hydroxylation is 2. The Bertz CT molecular complexity index is 623. The molecule has 1 aliphatic rings. The van der Waals surface area contributed by atoms with E-state index in [0.717, 1.165) is 29.9 Å². The molecule has 4 heteroatoms. The van der Waals surface area contributed by atoms with Crippen LogP contribution in [0.4, 0.5) is 0 Å². The number of nitrogens with one attached hydrogen (secondary N) is 1. The maximum atomic E-state index is 5.79. The minimum absolute atomic E-state index is 0.408. The molecule has 1 aliphatic heterocycles. The number of rotatable bonds is 3. The average Bonchev–Trinajstić information content (AvgIpc) is 2.72. The summed E-state index contributed by atoms with van der Waals surface area (Å²) < 4.78 is 8.80. The van der Waals surface area contributed by atoms with Gasteiger partial charge in [-0.05, 0) is 62.5 Å². The van der Waals surface area contributed by atoms with E-state index in [9.17, 15) is 0 Å². The number of fused-ring (bicyclic) bond motifs is 1. The molecule has 1 unspecified atom stereocenters. The Morgan fingerprint density at radius 3 is 3.11 bits per heavy atom. The second-order valence-corrected chi connectivity index (χ2v) is 5.77. The summed E-state index contributed by atoms with van der Waals surface area (Å²) >= 11 is 5.43. The lowest BCUT2D eigenvalue weighted by atomic mass is 10.1. The van der Waals surface area contributed by atoms with Gasteiger partial charge in [0.15, 0.2) is 4.77 Å². The predicted octanol–water partition coefficient (Wildman–Crippen LogP) is 3.97. The largest absolute Gasteiger partial charge is 0.378 e. The van der Waals surface area contributed by atoms with Crippen molar-refractivity contribution in [3.05, 3.63) is 28.5 Å². The summed E-state index contributed by atoms with van der Waals surface area (Å²) in [7, 11) is 0. The van der Waals surface area contributed by atoms with Gasteiger partial charge in [-0.25, -0.2) is 0 Å². The standard InChI is InChI=1S/C15H20N2OS/c1-11-5-6-14-13(10-11)16-15(19)17(14)8-7-12-4-2-3-9-18-12/h5-6,10,12H,2-4,7-9H2,1H3,(H,16,19).